The van der Waals surface area contributed by atoms with Crippen LogP contribution in [0.25, 0.3) is 0 Å². The first-order valence-corrected chi connectivity index (χ1v) is 11.1. The second kappa shape index (κ2) is 9.38. The quantitative estimate of drug-likeness (QED) is 0.634. The summed E-state index contributed by atoms with van der Waals surface area (Å²) in [7, 11) is 6.16. The van der Waals surface area contributed by atoms with Gasteiger partial charge in [0.05, 0.1) is 11.7 Å². The van der Waals surface area contributed by atoms with Gasteiger partial charge in [-0.1, -0.05) is 23.7 Å². The Labute approximate surface area is 189 Å². The molecule has 1 aromatic heterocycles. The van der Waals surface area contributed by atoms with Crippen LogP contribution in [0, 0.1) is 0 Å². The predicted octanol–water partition coefficient (Wildman–Crippen LogP) is 2.50. The Kier molecular flexibility index (Phi) is 6.60. The Bertz CT molecular complexity index is 939. The normalized spacial score (nSPS) is 17.1. The number of piperidine rings is 1. The van der Waals surface area contributed by atoms with E-state index in [9.17, 15) is 0 Å². The average molecular weight is 443 g/mol. The number of aromatic nitrogens is 2. The smallest absolute Gasteiger partial charge is 0.227 e. The number of rotatable bonds is 6. The van der Waals surface area contributed by atoms with Gasteiger partial charge in [0.25, 0.3) is 0 Å². The molecule has 0 saturated carbocycles. The summed E-state index contributed by atoms with van der Waals surface area (Å²) in [6, 6.07) is 7.91. The highest BCUT2D eigenvalue weighted by Gasteiger charge is 2.41. The highest BCUT2D eigenvalue weighted by Crippen LogP contribution is 2.36. The largest absolute Gasteiger partial charge is 0.367 e. The van der Waals surface area contributed by atoms with Gasteiger partial charge in [-0.15, -0.1) is 0 Å². The summed E-state index contributed by atoms with van der Waals surface area (Å²) >= 11 is 6.15. The minimum atomic E-state index is -0.259. The number of benzene rings is 1. The monoisotopic (exact) mass is 442 g/mol. The van der Waals surface area contributed by atoms with Crippen molar-refractivity contribution in [2.24, 2.45) is 4.99 Å². The van der Waals surface area contributed by atoms with Gasteiger partial charge in [0.15, 0.2) is 5.82 Å². The van der Waals surface area contributed by atoms with E-state index >= 15 is 0 Å². The standard InChI is InChI=1S/C22H31ClN8/c1-30(2)11-12-31(3)21-26-15-18-19(28-21)29-22(7-9-24-10-8-22)20(27-18)25-14-16-5-4-6-17(23)13-16/h4-6,13,15,24H,7-12,14H2,1-3H3,(H,25,27)(H,26,28,29). The SMILES string of the molecule is CN(C)CCN(C)c1ncc2c(n1)NC1(CCNCC1)C(NCc1cccc(Cl)c1)=N2. The molecule has 166 valence electrons. The van der Waals surface area contributed by atoms with E-state index in [0.29, 0.717) is 12.5 Å². The molecule has 1 aromatic carbocycles. The van der Waals surface area contributed by atoms with Crippen molar-refractivity contribution in [1.82, 2.24) is 25.5 Å². The zero-order valence-corrected chi connectivity index (χ0v) is 19.2. The average Bonchev–Trinajstić information content (AvgIpc) is 2.76. The molecule has 0 aliphatic carbocycles. The van der Waals surface area contributed by atoms with Crippen LogP contribution in [0.4, 0.5) is 17.5 Å². The molecule has 2 aliphatic heterocycles. The molecule has 2 aromatic rings. The second-order valence-corrected chi connectivity index (χ2v) is 8.97. The van der Waals surface area contributed by atoms with Crippen molar-refractivity contribution in [3.05, 3.63) is 41.0 Å². The maximum absolute atomic E-state index is 6.15. The fourth-order valence-electron chi connectivity index (χ4n) is 3.94. The van der Waals surface area contributed by atoms with Crippen LogP contribution < -0.4 is 20.9 Å². The minimum Gasteiger partial charge on any atom is -0.367 e. The molecular formula is C22H31ClN8. The van der Waals surface area contributed by atoms with Crippen LogP contribution in [0.1, 0.15) is 18.4 Å². The lowest BCUT2D eigenvalue weighted by molar-refractivity contribution is 0.410. The van der Waals surface area contributed by atoms with E-state index < -0.39 is 0 Å². The van der Waals surface area contributed by atoms with Gasteiger partial charge in [-0.25, -0.2) is 9.98 Å². The Morgan fingerprint density at radius 3 is 2.71 bits per heavy atom. The molecule has 3 N–H and O–H groups in total. The lowest BCUT2D eigenvalue weighted by Crippen LogP contribution is -2.58. The highest BCUT2D eigenvalue weighted by molar-refractivity contribution is 6.30. The van der Waals surface area contributed by atoms with Crippen molar-refractivity contribution >= 4 is 34.9 Å². The predicted molar refractivity (Wildman–Crippen MR) is 128 cm³/mol. The zero-order chi connectivity index (χ0) is 21.8. The summed E-state index contributed by atoms with van der Waals surface area (Å²) in [5, 5.41) is 11.5. The fraction of sp³-hybridized carbons (Fsp3) is 0.500. The molecule has 0 radical (unpaired) electrons. The van der Waals surface area contributed by atoms with E-state index in [-0.39, 0.29) is 5.54 Å². The first-order valence-electron chi connectivity index (χ1n) is 10.7. The number of aliphatic imine (C=N–C) groups is 1. The molecule has 2 aliphatic rings. The van der Waals surface area contributed by atoms with Gasteiger partial charge in [0, 0.05) is 31.7 Å². The number of hydrogen-bond acceptors (Lipinski definition) is 8. The van der Waals surface area contributed by atoms with Crippen molar-refractivity contribution in [3.63, 3.8) is 0 Å². The molecule has 1 spiro atoms. The molecule has 0 bridgehead atoms. The number of hydrogen-bond donors (Lipinski definition) is 3. The van der Waals surface area contributed by atoms with Crippen LogP contribution >= 0.6 is 11.6 Å². The fourth-order valence-corrected chi connectivity index (χ4v) is 4.16. The molecule has 0 atom stereocenters. The van der Waals surface area contributed by atoms with Crippen LogP contribution in [0.5, 0.6) is 0 Å². The topological polar surface area (TPSA) is 80.7 Å². The first kappa shape index (κ1) is 21.8. The van der Waals surface area contributed by atoms with Crippen molar-refractivity contribution in [1.29, 1.82) is 0 Å². The van der Waals surface area contributed by atoms with E-state index in [1.54, 1.807) is 0 Å². The molecule has 4 rings (SSSR count). The molecule has 0 unspecified atom stereocenters. The van der Waals surface area contributed by atoms with Gasteiger partial charge >= 0.3 is 0 Å². The van der Waals surface area contributed by atoms with Gasteiger partial charge in [-0.2, -0.15) is 4.98 Å². The molecule has 1 saturated heterocycles. The molecule has 9 heteroatoms. The van der Waals surface area contributed by atoms with Crippen molar-refractivity contribution < 1.29 is 0 Å². The summed E-state index contributed by atoms with van der Waals surface area (Å²) in [4.78, 5) is 18.6. The lowest BCUT2D eigenvalue weighted by Gasteiger charge is -2.42. The van der Waals surface area contributed by atoms with Crippen LogP contribution in [0.15, 0.2) is 35.5 Å². The van der Waals surface area contributed by atoms with Crippen LogP contribution in [-0.2, 0) is 6.54 Å². The zero-order valence-electron chi connectivity index (χ0n) is 18.5. The van der Waals surface area contributed by atoms with Gasteiger partial charge < -0.3 is 25.8 Å². The third kappa shape index (κ3) is 5.08. The van der Waals surface area contributed by atoms with E-state index in [4.69, 9.17) is 21.6 Å². The number of nitrogens with one attached hydrogen (secondary N) is 3. The van der Waals surface area contributed by atoms with E-state index in [1.165, 1.54) is 0 Å². The molecule has 1 fully saturated rings. The maximum atomic E-state index is 6.15. The molecule has 0 amide bonds. The van der Waals surface area contributed by atoms with E-state index in [1.807, 2.05) is 31.4 Å². The van der Waals surface area contributed by atoms with Crippen LogP contribution in [0.2, 0.25) is 5.02 Å². The number of nitrogens with zero attached hydrogens (tertiary/aromatic N) is 5. The van der Waals surface area contributed by atoms with Crippen molar-refractivity contribution in [2.45, 2.75) is 24.9 Å². The third-order valence-corrected chi connectivity index (χ3v) is 6.07. The summed E-state index contributed by atoms with van der Waals surface area (Å²) in [5.74, 6) is 2.46. The number of fused-ring (bicyclic) bond motifs is 1. The molecular weight excluding hydrogens is 412 g/mol. The summed E-state index contributed by atoms with van der Waals surface area (Å²) < 4.78 is 0. The Morgan fingerprint density at radius 1 is 1.16 bits per heavy atom. The summed E-state index contributed by atoms with van der Waals surface area (Å²) in [6.07, 6.45) is 3.68. The van der Waals surface area contributed by atoms with Gasteiger partial charge in [-0.05, 0) is 57.7 Å². The van der Waals surface area contributed by atoms with Crippen molar-refractivity contribution in [2.75, 3.05) is 57.5 Å². The van der Waals surface area contributed by atoms with Crippen LogP contribution in [-0.4, -0.2) is 73.6 Å². The van der Waals surface area contributed by atoms with Crippen molar-refractivity contribution in [3.8, 4) is 0 Å². The first-order chi connectivity index (χ1) is 14.9. The molecule has 3 heterocycles. The summed E-state index contributed by atoms with van der Waals surface area (Å²) in [5.41, 5.74) is 1.63. The second-order valence-electron chi connectivity index (χ2n) is 8.53. The highest BCUT2D eigenvalue weighted by atomic mass is 35.5. The Morgan fingerprint density at radius 2 is 1.97 bits per heavy atom. The van der Waals surface area contributed by atoms with Crippen LogP contribution in [0.3, 0.4) is 0 Å². The Balaban J connectivity index is 1.58. The van der Waals surface area contributed by atoms with Gasteiger partial charge in [-0.3, -0.25) is 0 Å². The lowest BCUT2D eigenvalue weighted by atomic mass is 9.85. The molecule has 8 nitrogen and oxygen atoms in total. The molecule has 31 heavy (non-hydrogen) atoms. The summed E-state index contributed by atoms with van der Waals surface area (Å²) in [6.45, 7) is 4.33. The maximum Gasteiger partial charge on any atom is 0.227 e. The minimum absolute atomic E-state index is 0.259. The number of halogens is 1. The third-order valence-electron chi connectivity index (χ3n) is 5.83. The van der Waals surface area contributed by atoms with Gasteiger partial charge in [0.1, 0.15) is 11.5 Å². The Hall–Kier alpha value is -2.42. The number of amidine groups is 1. The van der Waals surface area contributed by atoms with E-state index in [2.05, 4.69) is 50.9 Å². The number of anilines is 2. The van der Waals surface area contributed by atoms with E-state index in [0.717, 1.165) is 66.9 Å². The van der Waals surface area contributed by atoms with Gasteiger partial charge in [0.2, 0.25) is 5.95 Å². The number of likely N-dealkylation sites (N-methyl/N-ethyl adjacent to an activating group) is 2.